The van der Waals surface area contributed by atoms with Crippen molar-refractivity contribution in [1.82, 2.24) is 10.2 Å². The lowest BCUT2D eigenvalue weighted by Crippen LogP contribution is -2.41. The number of hydrogen-bond donors (Lipinski definition) is 1. The van der Waals surface area contributed by atoms with Gasteiger partial charge in [-0.25, -0.2) is 4.79 Å². The predicted octanol–water partition coefficient (Wildman–Crippen LogP) is 3.34. The summed E-state index contributed by atoms with van der Waals surface area (Å²) in [6, 6.07) is 15.2. The van der Waals surface area contributed by atoms with Crippen LogP contribution in [0.25, 0.3) is 0 Å². The highest BCUT2D eigenvalue weighted by Gasteiger charge is 2.55. The number of halogens is 1. The zero-order chi connectivity index (χ0) is 16.0. The van der Waals surface area contributed by atoms with Crippen LogP contribution >= 0.6 is 15.9 Å². The second-order valence-electron chi connectivity index (χ2n) is 6.01. The van der Waals surface area contributed by atoms with E-state index in [1.807, 2.05) is 48.5 Å². The van der Waals surface area contributed by atoms with E-state index in [0.717, 1.165) is 27.6 Å². The van der Waals surface area contributed by atoms with Gasteiger partial charge in [0.15, 0.2) is 0 Å². The van der Waals surface area contributed by atoms with E-state index in [1.165, 1.54) is 4.90 Å². The van der Waals surface area contributed by atoms with Gasteiger partial charge in [0.25, 0.3) is 5.91 Å². The molecule has 1 fully saturated rings. The molecule has 1 spiro atoms. The molecule has 0 aromatic heterocycles. The van der Waals surface area contributed by atoms with Crippen LogP contribution in [0.5, 0.6) is 0 Å². The first-order valence-electron chi connectivity index (χ1n) is 7.57. The lowest BCUT2D eigenvalue weighted by molar-refractivity contribution is -0.132. The first-order valence-corrected chi connectivity index (χ1v) is 8.36. The first-order chi connectivity index (χ1) is 11.1. The Hall–Kier alpha value is -2.14. The number of benzene rings is 2. The van der Waals surface area contributed by atoms with Gasteiger partial charge in [-0.15, -0.1) is 0 Å². The maximum atomic E-state index is 13.0. The van der Waals surface area contributed by atoms with Crippen molar-refractivity contribution in [2.75, 3.05) is 0 Å². The number of hydrogen-bond acceptors (Lipinski definition) is 2. The number of amides is 3. The van der Waals surface area contributed by atoms with Crippen LogP contribution in [0, 0.1) is 0 Å². The van der Waals surface area contributed by atoms with Gasteiger partial charge in [0.2, 0.25) is 0 Å². The molecule has 1 atom stereocenters. The van der Waals surface area contributed by atoms with Gasteiger partial charge >= 0.3 is 6.03 Å². The Balaban J connectivity index is 1.66. The highest BCUT2D eigenvalue weighted by atomic mass is 79.9. The highest BCUT2D eigenvalue weighted by Crippen LogP contribution is 2.41. The number of imide groups is 1. The molecule has 116 valence electrons. The van der Waals surface area contributed by atoms with Crippen molar-refractivity contribution in [2.24, 2.45) is 0 Å². The van der Waals surface area contributed by atoms with Crippen molar-refractivity contribution < 1.29 is 9.59 Å². The highest BCUT2D eigenvalue weighted by molar-refractivity contribution is 9.10. The molecule has 4 rings (SSSR count). The molecule has 0 radical (unpaired) electrons. The molecule has 2 aliphatic rings. The van der Waals surface area contributed by atoms with E-state index in [0.29, 0.717) is 13.0 Å². The maximum absolute atomic E-state index is 13.0. The summed E-state index contributed by atoms with van der Waals surface area (Å²) in [7, 11) is 0. The van der Waals surface area contributed by atoms with E-state index in [-0.39, 0.29) is 11.9 Å². The predicted molar refractivity (Wildman–Crippen MR) is 89.7 cm³/mol. The zero-order valence-corrected chi connectivity index (χ0v) is 14.0. The van der Waals surface area contributed by atoms with Crippen LogP contribution in [0.1, 0.15) is 23.1 Å². The summed E-state index contributed by atoms with van der Waals surface area (Å²) in [5.74, 6) is -0.143. The third kappa shape index (κ3) is 2.18. The third-order valence-corrected chi connectivity index (χ3v) is 5.20. The van der Waals surface area contributed by atoms with E-state index in [4.69, 9.17) is 0 Å². The Morgan fingerprint density at radius 1 is 1.09 bits per heavy atom. The van der Waals surface area contributed by atoms with Crippen molar-refractivity contribution in [2.45, 2.75) is 24.9 Å². The van der Waals surface area contributed by atoms with Crippen molar-refractivity contribution in [3.8, 4) is 0 Å². The Kier molecular flexibility index (Phi) is 3.27. The number of carbonyl (C=O) groups is 2. The Morgan fingerprint density at radius 3 is 2.61 bits per heavy atom. The molecule has 1 unspecified atom stereocenters. The van der Waals surface area contributed by atoms with Crippen LogP contribution < -0.4 is 5.32 Å². The number of fused-ring (bicyclic) bond motifs is 2. The van der Waals surface area contributed by atoms with Crippen molar-refractivity contribution >= 4 is 27.9 Å². The molecule has 1 heterocycles. The molecular formula is C18H15BrN2O2. The van der Waals surface area contributed by atoms with Crippen molar-refractivity contribution in [1.29, 1.82) is 0 Å². The van der Waals surface area contributed by atoms with Crippen LogP contribution in [0.15, 0.2) is 53.0 Å². The summed E-state index contributed by atoms with van der Waals surface area (Å²) in [4.78, 5) is 26.7. The fourth-order valence-electron chi connectivity index (χ4n) is 3.51. The number of nitrogens with zero attached hydrogens (tertiary/aromatic N) is 1. The van der Waals surface area contributed by atoms with E-state index in [9.17, 15) is 9.59 Å². The lowest BCUT2D eigenvalue weighted by Gasteiger charge is -2.22. The van der Waals surface area contributed by atoms with Crippen LogP contribution in [0.3, 0.4) is 0 Å². The van der Waals surface area contributed by atoms with Gasteiger partial charge in [-0.3, -0.25) is 9.69 Å². The molecule has 2 aromatic rings. The average Bonchev–Trinajstić information content (AvgIpc) is 3.04. The summed E-state index contributed by atoms with van der Waals surface area (Å²) in [5, 5.41) is 2.95. The Bertz CT molecular complexity index is 803. The van der Waals surface area contributed by atoms with Gasteiger partial charge in [0.1, 0.15) is 5.54 Å². The normalized spacial score (nSPS) is 22.6. The molecule has 0 bridgehead atoms. The second kappa shape index (κ2) is 5.20. The maximum Gasteiger partial charge on any atom is 0.325 e. The molecule has 1 saturated heterocycles. The number of rotatable bonds is 2. The summed E-state index contributed by atoms with van der Waals surface area (Å²) < 4.78 is 0.972. The molecule has 1 aliphatic heterocycles. The minimum atomic E-state index is -0.872. The fraction of sp³-hybridized carbons (Fsp3) is 0.222. The van der Waals surface area contributed by atoms with Crippen LogP contribution in [-0.4, -0.2) is 16.8 Å². The average molecular weight is 371 g/mol. The molecule has 23 heavy (non-hydrogen) atoms. The SMILES string of the molecule is O=C1NC2(CCc3ccccc32)C(=O)N1Cc1ccc(Br)cc1. The molecule has 1 aliphatic carbocycles. The van der Waals surface area contributed by atoms with Gasteiger partial charge in [0, 0.05) is 4.47 Å². The lowest BCUT2D eigenvalue weighted by atomic mass is 9.92. The standard InChI is InChI=1S/C18H15BrN2O2/c19-14-7-5-12(6-8-14)11-21-16(22)18(20-17(21)23)10-9-13-3-1-2-4-15(13)18/h1-8H,9-11H2,(H,20,23). The van der Waals surface area contributed by atoms with Crippen molar-refractivity contribution in [3.05, 3.63) is 69.7 Å². The molecule has 5 heteroatoms. The fourth-order valence-corrected chi connectivity index (χ4v) is 3.77. The number of aryl methyl sites for hydroxylation is 1. The zero-order valence-electron chi connectivity index (χ0n) is 12.4. The summed E-state index contributed by atoms with van der Waals surface area (Å²) in [6.45, 7) is 0.294. The number of carbonyl (C=O) groups excluding carboxylic acids is 2. The molecule has 4 nitrogen and oxygen atoms in total. The van der Waals surface area contributed by atoms with Crippen molar-refractivity contribution in [3.63, 3.8) is 0 Å². The topological polar surface area (TPSA) is 49.4 Å². The number of urea groups is 1. The minimum Gasteiger partial charge on any atom is -0.319 e. The van der Waals surface area contributed by atoms with Gasteiger partial charge in [-0.2, -0.15) is 0 Å². The van der Waals surface area contributed by atoms with Gasteiger partial charge in [0.05, 0.1) is 6.54 Å². The molecular weight excluding hydrogens is 356 g/mol. The quantitative estimate of drug-likeness (QED) is 0.824. The molecule has 2 aromatic carbocycles. The number of nitrogens with one attached hydrogen (secondary N) is 1. The summed E-state index contributed by atoms with van der Waals surface area (Å²) in [6.07, 6.45) is 1.45. The first kappa shape index (κ1) is 14.5. The van der Waals surface area contributed by atoms with Crippen LogP contribution in [0.4, 0.5) is 4.79 Å². The third-order valence-electron chi connectivity index (χ3n) is 4.68. The Labute approximate surface area is 142 Å². The second-order valence-corrected chi connectivity index (χ2v) is 6.93. The van der Waals surface area contributed by atoms with Gasteiger partial charge in [-0.1, -0.05) is 52.3 Å². The molecule has 0 saturated carbocycles. The van der Waals surface area contributed by atoms with E-state index < -0.39 is 5.54 Å². The smallest absolute Gasteiger partial charge is 0.319 e. The van der Waals surface area contributed by atoms with Crippen LogP contribution in [-0.2, 0) is 23.3 Å². The van der Waals surface area contributed by atoms with E-state index in [1.54, 1.807) is 0 Å². The molecule has 3 amide bonds. The van der Waals surface area contributed by atoms with Gasteiger partial charge < -0.3 is 5.32 Å². The summed E-state index contributed by atoms with van der Waals surface area (Å²) >= 11 is 3.39. The van der Waals surface area contributed by atoms with Gasteiger partial charge in [-0.05, 0) is 41.7 Å². The minimum absolute atomic E-state index is 0.143. The largest absolute Gasteiger partial charge is 0.325 e. The monoisotopic (exact) mass is 370 g/mol. The van der Waals surface area contributed by atoms with Crippen LogP contribution in [0.2, 0.25) is 0 Å². The van der Waals surface area contributed by atoms with E-state index in [2.05, 4.69) is 21.2 Å². The van der Waals surface area contributed by atoms with E-state index >= 15 is 0 Å². The molecule has 1 N–H and O–H groups in total. The summed E-state index contributed by atoms with van der Waals surface area (Å²) in [5.41, 5.74) is 2.14. The Morgan fingerprint density at radius 2 is 1.83 bits per heavy atom.